The van der Waals surface area contributed by atoms with Crippen LogP contribution in [0, 0.1) is 0 Å². The standard InChI is InChI=1S/C17H18N4O2S/c1-2-21-16(23)13-7-3-4-8-14(13)18-17(21)20-19-15(22)10-9-12-6-5-11-24-12/h3-8,11H,2,9-10H2,1H3,(H,18,20)(H,19,22). The van der Waals surface area contributed by atoms with Gasteiger partial charge in [0.05, 0.1) is 10.9 Å². The number of anilines is 1. The van der Waals surface area contributed by atoms with Gasteiger partial charge in [-0.1, -0.05) is 18.2 Å². The van der Waals surface area contributed by atoms with Crippen LogP contribution in [0.4, 0.5) is 5.95 Å². The zero-order valence-electron chi connectivity index (χ0n) is 13.3. The first-order valence-electron chi connectivity index (χ1n) is 7.76. The topological polar surface area (TPSA) is 76.0 Å². The summed E-state index contributed by atoms with van der Waals surface area (Å²) in [6.45, 7) is 2.33. The molecule has 2 heterocycles. The molecule has 7 heteroatoms. The molecule has 3 rings (SSSR count). The lowest BCUT2D eigenvalue weighted by molar-refractivity contribution is -0.120. The molecule has 0 saturated heterocycles. The smallest absolute Gasteiger partial charge is 0.262 e. The molecule has 2 aromatic heterocycles. The van der Waals surface area contributed by atoms with Crippen molar-refractivity contribution in [3.63, 3.8) is 0 Å². The summed E-state index contributed by atoms with van der Waals surface area (Å²) >= 11 is 1.63. The van der Waals surface area contributed by atoms with Crippen LogP contribution in [0.2, 0.25) is 0 Å². The van der Waals surface area contributed by atoms with Gasteiger partial charge in [0.15, 0.2) is 0 Å². The van der Waals surface area contributed by atoms with Crippen LogP contribution >= 0.6 is 11.3 Å². The second kappa shape index (κ2) is 7.27. The van der Waals surface area contributed by atoms with Crippen LogP contribution in [0.1, 0.15) is 18.2 Å². The number of hydrazine groups is 1. The Balaban J connectivity index is 1.72. The predicted molar refractivity (Wildman–Crippen MR) is 96.1 cm³/mol. The lowest BCUT2D eigenvalue weighted by Crippen LogP contribution is -2.34. The Morgan fingerprint density at radius 2 is 2.08 bits per heavy atom. The van der Waals surface area contributed by atoms with Crippen LogP contribution in [0.15, 0.2) is 46.6 Å². The molecule has 24 heavy (non-hydrogen) atoms. The summed E-state index contributed by atoms with van der Waals surface area (Å²) in [4.78, 5) is 30.0. The number of thiophene rings is 1. The summed E-state index contributed by atoms with van der Waals surface area (Å²) in [6.07, 6.45) is 1.06. The van der Waals surface area contributed by atoms with Crippen LogP contribution < -0.4 is 16.4 Å². The van der Waals surface area contributed by atoms with Gasteiger partial charge in [0.2, 0.25) is 11.9 Å². The Hall–Kier alpha value is -2.67. The van der Waals surface area contributed by atoms with Crippen LogP contribution in [-0.2, 0) is 17.8 Å². The van der Waals surface area contributed by atoms with E-state index < -0.39 is 0 Å². The van der Waals surface area contributed by atoms with Gasteiger partial charge < -0.3 is 0 Å². The molecule has 0 bridgehead atoms. The second-order valence-electron chi connectivity index (χ2n) is 5.25. The molecule has 3 aromatic rings. The summed E-state index contributed by atoms with van der Waals surface area (Å²) < 4.78 is 1.50. The van der Waals surface area contributed by atoms with E-state index in [2.05, 4.69) is 15.8 Å². The number of hydrogen-bond donors (Lipinski definition) is 2. The number of aromatic nitrogens is 2. The Kier molecular flexibility index (Phi) is 4.90. The summed E-state index contributed by atoms with van der Waals surface area (Å²) in [5.41, 5.74) is 5.88. The first-order valence-corrected chi connectivity index (χ1v) is 8.64. The van der Waals surface area contributed by atoms with Gasteiger partial charge in [-0.3, -0.25) is 25.0 Å². The lowest BCUT2D eigenvalue weighted by atomic mass is 10.2. The minimum atomic E-state index is -0.145. The number of fused-ring (bicyclic) bond motifs is 1. The van der Waals surface area contributed by atoms with Crippen LogP contribution in [0.25, 0.3) is 10.9 Å². The highest BCUT2D eigenvalue weighted by Gasteiger charge is 2.10. The predicted octanol–water partition coefficient (Wildman–Crippen LogP) is 2.55. The summed E-state index contributed by atoms with van der Waals surface area (Å²) in [6, 6.07) is 11.1. The van der Waals surface area contributed by atoms with Crippen molar-refractivity contribution in [3.8, 4) is 0 Å². The van der Waals surface area contributed by atoms with Gasteiger partial charge >= 0.3 is 0 Å². The van der Waals surface area contributed by atoms with Crippen molar-refractivity contribution in [3.05, 3.63) is 57.0 Å². The Bertz CT molecular complexity index is 903. The number of carbonyl (C=O) groups is 1. The number of nitrogens with one attached hydrogen (secondary N) is 2. The third kappa shape index (κ3) is 3.46. The molecule has 0 aliphatic heterocycles. The lowest BCUT2D eigenvalue weighted by Gasteiger charge is -2.13. The van der Waals surface area contributed by atoms with Gasteiger partial charge in [-0.05, 0) is 36.9 Å². The van der Waals surface area contributed by atoms with Crippen molar-refractivity contribution >= 4 is 34.1 Å². The van der Waals surface area contributed by atoms with E-state index in [4.69, 9.17) is 0 Å². The average Bonchev–Trinajstić information content (AvgIpc) is 3.12. The first kappa shape index (κ1) is 16.2. The molecule has 0 saturated carbocycles. The number of para-hydroxylation sites is 1. The van der Waals surface area contributed by atoms with Crippen molar-refractivity contribution in [2.45, 2.75) is 26.3 Å². The summed E-state index contributed by atoms with van der Waals surface area (Å²) in [5.74, 6) is 0.194. The van der Waals surface area contributed by atoms with Gasteiger partial charge in [0.25, 0.3) is 5.56 Å². The van der Waals surface area contributed by atoms with E-state index in [-0.39, 0.29) is 11.5 Å². The number of hydrogen-bond acceptors (Lipinski definition) is 5. The SMILES string of the molecule is CCn1c(NNC(=O)CCc2cccs2)nc2ccccc2c1=O. The van der Waals surface area contributed by atoms with E-state index in [1.807, 2.05) is 36.6 Å². The first-order chi connectivity index (χ1) is 11.7. The van der Waals surface area contributed by atoms with Crippen molar-refractivity contribution < 1.29 is 4.79 Å². The molecule has 0 atom stereocenters. The van der Waals surface area contributed by atoms with Gasteiger partial charge in [0.1, 0.15) is 0 Å². The molecule has 0 fully saturated rings. The summed E-state index contributed by atoms with van der Waals surface area (Å²) in [7, 11) is 0. The maximum atomic E-state index is 12.5. The third-order valence-corrected chi connectivity index (χ3v) is 4.61. The van der Waals surface area contributed by atoms with Crippen molar-refractivity contribution in [2.24, 2.45) is 0 Å². The molecule has 0 aliphatic rings. The molecule has 0 unspecified atom stereocenters. The molecule has 1 aromatic carbocycles. The van der Waals surface area contributed by atoms with E-state index in [1.54, 1.807) is 23.5 Å². The largest absolute Gasteiger partial charge is 0.277 e. The number of amides is 1. The van der Waals surface area contributed by atoms with E-state index in [0.717, 1.165) is 0 Å². The third-order valence-electron chi connectivity index (χ3n) is 3.67. The molecule has 6 nitrogen and oxygen atoms in total. The second-order valence-corrected chi connectivity index (χ2v) is 6.29. The molecule has 124 valence electrons. The fourth-order valence-corrected chi connectivity index (χ4v) is 3.15. The van der Waals surface area contributed by atoms with Gasteiger partial charge in [-0.25, -0.2) is 4.98 Å². The molecule has 0 spiro atoms. The fraction of sp³-hybridized carbons (Fsp3) is 0.235. The highest BCUT2D eigenvalue weighted by atomic mass is 32.1. The number of carbonyl (C=O) groups excluding carboxylic acids is 1. The van der Waals surface area contributed by atoms with E-state index in [0.29, 0.717) is 36.2 Å². The Labute approximate surface area is 143 Å². The summed E-state index contributed by atoms with van der Waals surface area (Å²) in [5, 5.41) is 2.55. The number of rotatable bonds is 6. The van der Waals surface area contributed by atoms with Crippen molar-refractivity contribution in [1.82, 2.24) is 15.0 Å². The maximum Gasteiger partial charge on any atom is 0.262 e. The number of aryl methyl sites for hydroxylation is 1. The van der Waals surface area contributed by atoms with Crippen LogP contribution in [-0.4, -0.2) is 15.5 Å². The molecule has 0 aliphatic carbocycles. The molecule has 2 N–H and O–H groups in total. The quantitative estimate of drug-likeness (QED) is 0.675. The fourth-order valence-electron chi connectivity index (χ4n) is 2.44. The average molecular weight is 342 g/mol. The minimum absolute atomic E-state index is 0.126. The monoisotopic (exact) mass is 342 g/mol. The highest BCUT2D eigenvalue weighted by Crippen LogP contribution is 2.12. The Morgan fingerprint density at radius 1 is 1.25 bits per heavy atom. The number of nitrogens with zero attached hydrogens (tertiary/aromatic N) is 2. The van der Waals surface area contributed by atoms with E-state index >= 15 is 0 Å². The van der Waals surface area contributed by atoms with E-state index in [9.17, 15) is 9.59 Å². The van der Waals surface area contributed by atoms with Crippen molar-refractivity contribution in [1.29, 1.82) is 0 Å². The maximum absolute atomic E-state index is 12.5. The highest BCUT2D eigenvalue weighted by molar-refractivity contribution is 7.09. The Morgan fingerprint density at radius 3 is 2.83 bits per heavy atom. The zero-order chi connectivity index (χ0) is 16.9. The molecule has 0 radical (unpaired) electrons. The van der Waals surface area contributed by atoms with Gasteiger partial charge in [-0.15, -0.1) is 11.3 Å². The number of benzene rings is 1. The van der Waals surface area contributed by atoms with Crippen molar-refractivity contribution in [2.75, 3.05) is 5.43 Å². The van der Waals surface area contributed by atoms with Crippen LogP contribution in [0.5, 0.6) is 0 Å². The molecule has 1 amide bonds. The molecular weight excluding hydrogens is 324 g/mol. The molecular formula is C17H18N4O2S. The van der Waals surface area contributed by atoms with Gasteiger partial charge in [-0.2, -0.15) is 0 Å². The van der Waals surface area contributed by atoms with Crippen LogP contribution in [0.3, 0.4) is 0 Å². The normalized spacial score (nSPS) is 10.7. The van der Waals surface area contributed by atoms with E-state index in [1.165, 1.54) is 9.44 Å². The minimum Gasteiger partial charge on any atom is -0.277 e. The zero-order valence-corrected chi connectivity index (χ0v) is 14.1. The van der Waals surface area contributed by atoms with Gasteiger partial charge in [0, 0.05) is 17.8 Å².